The molecular formula is C32H44N4+2. The normalized spacial score (nSPS) is 11.4. The summed E-state index contributed by atoms with van der Waals surface area (Å²) in [6.07, 6.45) is 4.86. The molecule has 2 N–H and O–H groups in total. The van der Waals surface area contributed by atoms with Gasteiger partial charge in [-0.2, -0.15) is 9.13 Å². The molecule has 4 heteroatoms. The monoisotopic (exact) mass is 484 g/mol. The maximum Gasteiger partial charge on any atom is 0.217 e. The van der Waals surface area contributed by atoms with Crippen LogP contribution in [0.4, 0.5) is 11.4 Å². The summed E-state index contributed by atoms with van der Waals surface area (Å²) in [7, 11) is 4.34. The number of hydrogen-bond acceptors (Lipinski definition) is 2. The number of anilines is 2. The van der Waals surface area contributed by atoms with Crippen molar-refractivity contribution in [1.82, 2.24) is 0 Å². The number of aryl methyl sites for hydroxylation is 8. The van der Waals surface area contributed by atoms with Gasteiger partial charge in [-0.15, -0.1) is 0 Å². The maximum absolute atomic E-state index is 3.75. The van der Waals surface area contributed by atoms with Crippen molar-refractivity contribution in [3.05, 3.63) is 70.0 Å². The quantitative estimate of drug-likeness (QED) is 0.208. The summed E-state index contributed by atoms with van der Waals surface area (Å²) in [4.78, 5) is 0. The van der Waals surface area contributed by atoms with Crippen LogP contribution in [0.15, 0.2) is 36.4 Å². The SMILES string of the molecule is Cc1ccc(C)c2c1c(NCCCCCCNc1cc(C)[n+](C)c3c(C)ccc(C)c13)cc(C)[n+]2C. The van der Waals surface area contributed by atoms with Crippen molar-refractivity contribution in [3.8, 4) is 0 Å². The van der Waals surface area contributed by atoms with E-state index < -0.39 is 0 Å². The third kappa shape index (κ3) is 5.04. The van der Waals surface area contributed by atoms with E-state index in [4.69, 9.17) is 0 Å². The van der Waals surface area contributed by atoms with Gasteiger partial charge >= 0.3 is 0 Å². The molecule has 2 aromatic carbocycles. The minimum absolute atomic E-state index is 1.01. The molecule has 0 bridgehead atoms. The van der Waals surface area contributed by atoms with Crippen LogP contribution in [0.25, 0.3) is 21.8 Å². The molecule has 4 rings (SSSR count). The summed E-state index contributed by atoms with van der Waals surface area (Å²) in [5.74, 6) is 0. The van der Waals surface area contributed by atoms with Gasteiger partial charge in [-0.05, 0) is 51.7 Å². The van der Waals surface area contributed by atoms with E-state index in [2.05, 4.69) is 112 Å². The first-order valence-corrected chi connectivity index (χ1v) is 13.5. The van der Waals surface area contributed by atoms with Gasteiger partial charge in [0.15, 0.2) is 11.4 Å². The van der Waals surface area contributed by atoms with E-state index in [1.807, 2.05) is 0 Å². The minimum atomic E-state index is 1.01. The lowest BCUT2D eigenvalue weighted by atomic mass is 10.0. The Balaban J connectivity index is 1.31. The zero-order valence-corrected chi connectivity index (χ0v) is 23.6. The molecule has 4 nitrogen and oxygen atoms in total. The maximum atomic E-state index is 3.75. The summed E-state index contributed by atoms with van der Waals surface area (Å²) in [6.45, 7) is 15.3. The van der Waals surface area contributed by atoms with E-state index in [9.17, 15) is 0 Å². The molecular weight excluding hydrogens is 440 g/mol. The zero-order chi connectivity index (χ0) is 26.0. The van der Waals surface area contributed by atoms with Gasteiger partial charge in [-0.3, -0.25) is 0 Å². The first-order valence-electron chi connectivity index (χ1n) is 13.5. The van der Waals surface area contributed by atoms with Gasteiger partial charge in [0, 0.05) is 50.2 Å². The van der Waals surface area contributed by atoms with Crippen molar-refractivity contribution in [2.24, 2.45) is 14.1 Å². The lowest BCUT2D eigenvalue weighted by molar-refractivity contribution is -0.651. The standard InChI is InChI=1S/C32H42N4/c1-21-13-15-23(3)31-29(21)27(19-25(5)35(31)7)33-17-11-9-10-12-18-34-28-20-26(6)36(8)32-24(4)16-14-22(2)30(28)32/h13-16,19-20H,9-12,17-18H2,1-8H3/p+2. The number of nitrogens with zero attached hydrogens (tertiary/aromatic N) is 2. The average Bonchev–Trinajstić information content (AvgIpc) is 2.84. The topological polar surface area (TPSA) is 31.8 Å². The van der Waals surface area contributed by atoms with Crippen LogP contribution in [-0.4, -0.2) is 13.1 Å². The average molecular weight is 485 g/mol. The van der Waals surface area contributed by atoms with Crippen LogP contribution in [-0.2, 0) is 14.1 Å². The van der Waals surface area contributed by atoms with E-state index >= 15 is 0 Å². The number of fused-ring (bicyclic) bond motifs is 2. The summed E-state index contributed by atoms with van der Waals surface area (Å²) in [5, 5.41) is 10.2. The number of benzene rings is 2. The second-order valence-electron chi connectivity index (χ2n) is 10.6. The Labute approximate surface area is 217 Å². The fraction of sp³-hybridized carbons (Fsp3) is 0.438. The summed E-state index contributed by atoms with van der Waals surface area (Å²) < 4.78 is 4.63. The van der Waals surface area contributed by atoms with Gasteiger partial charge < -0.3 is 10.6 Å². The number of pyridine rings is 2. The van der Waals surface area contributed by atoms with Crippen LogP contribution in [0.1, 0.15) is 59.3 Å². The second kappa shape index (κ2) is 10.9. The fourth-order valence-electron chi connectivity index (χ4n) is 5.57. The molecule has 0 aliphatic carbocycles. The molecule has 4 aromatic rings. The highest BCUT2D eigenvalue weighted by molar-refractivity contribution is 5.94. The molecule has 0 atom stereocenters. The van der Waals surface area contributed by atoms with E-state index in [1.165, 1.54) is 92.5 Å². The minimum Gasteiger partial charge on any atom is -0.384 e. The van der Waals surface area contributed by atoms with Gasteiger partial charge in [0.2, 0.25) is 11.0 Å². The predicted molar refractivity (Wildman–Crippen MR) is 154 cm³/mol. The van der Waals surface area contributed by atoms with Crippen molar-refractivity contribution in [2.75, 3.05) is 23.7 Å². The number of nitrogens with one attached hydrogen (secondary N) is 2. The Morgan fingerprint density at radius 3 is 1.28 bits per heavy atom. The van der Waals surface area contributed by atoms with Gasteiger partial charge in [0.05, 0.1) is 22.1 Å². The van der Waals surface area contributed by atoms with E-state index in [-0.39, 0.29) is 0 Å². The third-order valence-corrected chi connectivity index (χ3v) is 7.88. The van der Waals surface area contributed by atoms with Crippen LogP contribution in [0, 0.1) is 41.5 Å². The molecule has 0 amide bonds. The molecule has 190 valence electrons. The van der Waals surface area contributed by atoms with Crippen molar-refractivity contribution in [3.63, 3.8) is 0 Å². The molecule has 0 radical (unpaired) electrons. The Bertz CT molecular complexity index is 1310. The highest BCUT2D eigenvalue weighted by Crippen LogP contribution is 2.29. The van der Waals surface area contributed by atoms with Crippen LogP contribution < -0.4 is 19.8 Å². The summed E-state index contributed by atoms with van der Waals surface area (Å²) in [6, 6.07) is 13.5. The van der Waals surface area contributed by atoms with Gasteiger partial charge in [0.25, 0.3) is 0 Å². The van der Waals surface area contributed by atoms with Gasteiger partial charge in [0.1, 0.15) is 14.1 Å². The van der Waals surface area contributed by atoms with Crippen LogP contribution in [0.5, 0.6) is 0 Å². The molecule has 0 fully saturated rings. The van der Waals surface area contributed by atoms with Crippen molar-refractivity contribution in [2.45, 2.75) is 67.2 Å². The molecule has 0 spiro atoms. The van der Waals surface area contributed by atoms with Crippen molar-refractivity contribution in [1.29, 1.82) is 0 Å². The Kier molecular flexibility index (Phi) is 7.82. The summed E-state index contributed by atoms with van der Waals surface area (Å²) >= 11 is 0. The summed E-state index contributed by atoms with van der Waals surface area (Å²) in [5.41, 5.74) is 13.1. The van der Waals surface area contributed by atoms with Gasteiger partial charge in [-0.25, -0.2) is 0 Å². The molecule has 0 saturated heterocycles. The third-order valence-electron chi connectivity index (χ3n) is 7.88. The van der Waals surface area contributed by atoms with Crippen LogP contribution in [0.3, 0.4) is 0 Å². The van der Waals surface area contributed by atoms with E-state index in [1.54, 1.807) is 0 Å². The van der Waals surface area contributed by atoms with Crippen LogP contribution >= 0.6 is 0 Å². The molecule has 2 aromatic heterocycles. The molecule has 36 heavy (non-hydrogen) atoms. The first-order chi connectivity index (χ1) is 17.2. The first kappa shape index (κ1) is 25.9. The lowest BCUT2D eigenvalue weighted by Gasteiger charge is -2.14. The Hall–Kier alpha value is -3.14. The predicted octanol–water partition coefficient (Wildman–Crippen LogP) is 6.58. The lowest BCUT2D eigenvalue weighted by Crippen LogP contribution is -2.34. The highest BCUT2D eigenvalue weighted by Gasteiger charge is 2.18. The highest BCUT2D eigenvalue weighted by atomic mass is 15.0. The fourth-order valence-corrected chi connectivity index (χ4v) is 5.57. The second-order valence-corrected chi connectivity index (χ2v) is 10.6. The zero-order valence-electron chi connectivity index (χ0n) is 23.6. The largest absolute Gasteiger partial charge is 0.384 e. The Morgan fingerprint density at radius 2 is 0.889 bits per heavy atom. The molecule has 2 heterocycles. The van der Waals surface area contributed by atoms with E-state index in [0.717, 1.165) is 13.1 Å². The number of rotatable bonds is 9. The molecule has 0 saturated carbocycles. The molecule has 0 unspecified atom stereocenters. The van der Waals surface area contributed by atoms with Crippen molar-refractivity contribution < 1.29 is 9.13 Å². The molecule has 0 aliphatic heterocycles. The van der Waals surface area contributed by atoms with Gasteiger partial charge in [-0.1, -0.05) is 37.1 Å². The van der Waals surface area contributed by atoms with E-state index in [0.29, 0.717) is 0 Å². The smallest absolute Gasteiger partial charge is 0.217 e. The molecule has 0 aliphatic rings. The van der Waals surface area contributed by atoms with Crippen LogP contribution in [0.2, 0.25) is 0 Å². The number of aromatic nitrogens is 2. The van der Waals surface area contributed by atoms with Crippen molar-refractivity contribution >= 4 is 33.2 Å². The number of hydrogen-bond donors (Lipinski definition) is 2. The Morgan fingerprint density at radius 1 is 0.528 bits per heavy atom. The number of unbranched alkanes of at least 4 members (excludes halogenated alkanes) is 3.